The van der Waals surface area contributed by atoms with Gasteiger partial charge in [-0.3, -0.25) is 9.89 Å². The highest BCUT2D eigenvalue weighted by Crippen LogP contribution is 2.30. The number of phenolic OH excluding ortho intramolecular Hbond substituents is 1. The van der Waals surface area contributed by atoms with Gasteiger partial charge in [-0.1, -0.05) is 0 Å². The summed E-state index contributed by atoms with van der Waals surface area (Å²) in [5.74, 6) is -0.228. The monoisotopic (exact) mass is 390 g/mol. The maximum Gasteiger partial charge on any atom is 0.291 e. The fraction of sp³-hybridized carbons (Fsp3) is 0. The molecule has 0 aliphatic heterocycles. The van der Waals surface area contributed by atoms with E-state index in [1.807, 2.05) is 12.1 Å². The van der Waals surface area contributed by atoms with E-state index in [1.165, 1.54) is 6.21 Å². The molecule has 116 valence electrons. The van der Waals surface area contributed by atoms with Gasteiger partial charge >= 0.3 is 0 Å². The molecule has 0 unspecified atom stereocenters. The van der Waals surface area contributed by atoms with E-state index in [0.29, 0.717) is 0 Å². The molecule has 0 aliphatic rings. The van der Waals surface area contributed by atoms with Crippen LogP contribution in [0, 0.1) is 0 Å². The van der Waals surface area contributed by atoms with Gasteiger partial charge in [-0.15, -0.1) is 11.3 Å². The highest BCUT2D eigenvalue weighted by atomic mass is 79.9. The molecule has 3 N–H and O–H groups in total. The first-order chi connectivity index (χ1) is 11.1. The summed E-state index contributed by atoms with van der Waals surface area (Å²) in [6.45, 7) is 0. The molecule has 6 nitrogen and oxygen atoms in total. The Bertz CT molecular complexity index is 855. The molecular formula is C15H11BrN4O2S. The number of hydrogen-bond donors (Lipinski definition) is 3. The lowest BCUT2D eigenvalue weighted by Crippen LogP contribution is -2.17. The zero-order valence-electron chi connectivity index (χ0n) is 11.7. The zero-order chi connectivity index (χ0) is 16.2. The molecule has 3 aromatic rings. The van der Waals surface area contributed by atoms with Crippen LogP contribution in [0.3, 0.4) is 0 Å². The molecule has 0 fully saturated rings. The molecule has 0 aliphatic carbocycles. The van der Waals surface area contributed by atoms with E-state index in [4.69, 9.17) is 0 Å². The summed E-state index contributed by atoms with van der Waals surface area (Å²) in [7, 11) is 0. The maximum absolute atomic E-state index is 12.0. The summed E-state index contributed by atoms with van der Waals surface area (Å²) in [6.07, 6.45) is 1.49. The van der Waals surface area contributed by atoms with Gasteiger partial charge in [0.25, 0.3) is 5.91 Å². The topological polar surface area (TPSA) is 90.4 Å². The lowest BCUT2D eigenvalue weighted by atomic mass is 10.2. The average Bonchev–Trinajstić information content (AvgIpc) is 3.18. The van der Waals surface area contributed by atoms with Crippen molar-refractivity contribution in [2.75, 3.05) is 0 Å². The quantitative estimate of drug-likeness (QED) is 0.471. The van der Waals surface area contributed by atoms with Gasteiger partial charge in [-0.05, 0) is 64.0 Å². The number of nitrogens with zero attached hydrogens (tertiary/aromatic N) is 2. The van der Waals surface area contributed by atoms with Gasteiger partial charge in [0.1, 0.15) is 5.75 Å². The molecule has 2 heterocycles. The van der Waals surface area contributed by atoms with E-state index in [2.05, 4.69) is 36.7 Å². The normalized spacial score (nSPS) is 11.0. The minimum Gasteiger partial charge on any atom is -0.508 e. The fourth-order valence-electron chi connectivity index (χ4n) is 1.81. The molecular weight excluding hydrogens is 380 g/mol. The summed E-state index contributed by atoms with van der Waals surface area (Å²) >= 11 is 4.94. The zero-order valence-corrected chi connectivity index (χ0v) is 14.1. The molecule has 0 saturated carbocycles. The van der Waals surface area contributed by atoms with Crippen LogP contribution in [0.15, 0.2) is 51.4 Å². The molecule has 0 radical (unpaired) electrons. The average molecular weight is 391 g/mol. The van der Waals surface area contributed by atoms with Gasteiger partial charge < -0.3 is 5.11 Å². The van der Waals surface area contributed by atoms with Gasteiger partial charge in [0.2, 0.25) is 0 Å². The van der Waals surface area contributed by atoms with Crippen LogP contribution in [-0.2, 0) is 0 Å². The van der Waals surface area contributed by atoms with E-state index in [-0.39, 0.29) is 11.4 Å². The van der Waals surface area contributed by atoms with Crippen LogP contribution in [0.25, 0.3) is 10.6 Å². The predicted molar refractivity (Wildman–Crippen MR) is 92.8 cm³/mol. The predicted octanol–water partition coefficient (Wildman–Crippen LogP) is 3.37. The second kappa shape index (κ2) is 6.76. The van der Waals surface area contributed by atoms with Crippen LogP contribution >= 0.6 is 27.3 Å². The molecule has 2 aromatic heterocycles. The lowest BCUT2D eigenvalue weighted by Gasteiger charge is -1.95. The first kappa shape index (κ1) is 15.4. The Labute approximate surface area is 144 Å². The van der Waals surface area contributed by atoms with Crippen molar-refractivity contribution in [3.8, 4) is 16.3 Å². The number of halogens is 1. The third-order valence-electron chi connectivity index (χ3n) is 2.92. The number of benzene rings is 1. The lowest BCUT2D eigenvalue weighted by molar-refractivity contribution is 0.0950. The van der Waals surface area contributed by atoms with E-state index in [0.717, 1.165) is 19.9 Å². The van der Waals surface area contributed by atoms with Crippen molar-refractivity contribution in [1.82, 2.24) is 15.6 Å². The number of hydrazone groups is 1. The highest BCUT2D eigenvalue weighted by molar-refractivity contribution is 9.11. The summed E-state index contributed by atoms with van der Waals surface area (Å²) in [5.41, 5.74) is 4.20. The Morgan fingerprint density at radius 2 is 2.09 bits per heavy atom. The second-order valence-electron chi connectivity index (χ2n) is 4.56. The molecule has 0 saturated heterocycles. The standard InChI is InChI=1S/C15H11BrN4O2S/c16-14-6-5-13(23-14)11-7-12(19-18-11)15(22)20-17-8-9-1-3-10(21)4-2-9/h1-8,21H,(H,18,19)(H,20,22)/b17-8-. The van der Waals surface area contributed by atoms with Crippen molar-refractivity contribution in [3.05, 3.63) is 57.5 Å². The van der Waals surface area contributed by atoms with Gasteiger partial charge in [0, 0.05) is 0 Å². The number of phenols is 1. The van der Waals surface area contributed by atoms with Crippen LogP contribution in [-0.4, -0.2) is 27.4 Å². The van der Waals surface area contributed by atoms with Gasteiger partial charge in [-0.2, -0.15) is 10.2 Å². The van der Waals surface area contributed by atoms with Crippen LogP contribution in [0.4, 0.5) is 0 Å². The molecule has 1 amide bonds. The Morgan fingerprint density at radius 1 is 1.30 bits per heavy atom. The van der Waals surface area contributed by atoms with E-state index in [1.54, 1.807) is 41.7 Å². The number of amides is 1. The molecule has 8 heteroatoms. The molecule has 0 atom stereocenters. The van der Waals surface area contributed by atoms with Crippen LogP contribution < -0.4 is 5.43 Å². The first-order valence-electron chi connectivity index (χ1n) is 6.55. The van der Waals surface area contributed by atoms with Crippen LogP contribution in [0.5, 0.6) is 5.75 Å². The molecule has 3 rings (SSSR count). The van der Waals surface area contributed by atoms with Gasteiger partial charge in [0.05, 0.1) is 20.6 Å². The minimum atomic E-state index is -0.404. The number of carbonyl (C=O) groups is 1. The third-order valence-corrected chi connectivity index (χ3v) is 4.58. The number of H-pyrrole nitrogens is 1. The van der Waals surface area contributed by atoms with Gasteiger partial charge in [-0.25, -0.2) is 5.43 Å². The molecule has 0 bridgehead atoms. The number of aromatic nitrogens is 2. The number of aromatic amines is 1. The van der Waals surface area contributed by atoms with Crippen molar-refractivity contribution in [1.29, 1.82) is 0 Å². The SMILES string of the molecule is O=C(N/N=C\c1ccc(O)cc1)c1cc(-c2ccc(Br)s2)[nH]n1. The van der Waals surface area contributed by atoms with Crippen molar-refractivity contribution in [2.45, 2.75) is 0 Å². The minimum absolute atomic E-state index is 0.176. The Hall–Kier alpha value is -2.45. The van der Waals surface area contributed by atoms with E-state index in [9.17, 15) is 9.90 Å². The number of aromatic hydroxyl groups is 1. The van der Waals surface area contributed by atoms with Crippen LogP contribution in [0.1, 0.15) is 16.1 Å². The highest BCUT2D eigenvalue weighted by Gasteiger charge is 2.11. The van der Waals surface area contributed by atoms with Crippen LogP contribution in [0.2, 0.25) is 0 Å². The number of hydrogen-bond acceptors (Lipinski definition) is 5. The fourth-order valence-corrected chi connectivity index (χ4v) is 3.16. The van der Waals surface area contributed by atoms with E-state index < -0.39 is 5.91 Å². The number of rotatable bonds is 4. The number of carbonyl (C=O) groups excluding carboxylic acids is 1. The van der Waals surface area contributed by atoms with Crippen molar-refractivity contribution < 1.29 is 9.90 Å². The van der Waals surface area contributed by atoms with E-state index >= 15 is 0 Å². The first-order valence-corrected chi connectivity index (χ1v) is 8.16. The summed E-state index contributed by atoms with van der Waals surface area (Å²) in [6, 6.07) is 12.0. The van der Waals surface area contributed by atoms with Crippen molar-refractivity contribution in [2.24, 2.45) is 5.10 Å². The summed E-state index contributed by atoms with van der Waals surface area (Å²) in [4.78, 5) is 13.0. The van der Waals surface area contributed by atoms with Crippen molar-refractivity contribution >= 4 is 39.4 Å². The summed E-state index contributed by atoms with van der Waals surface area (Å²) in [5, 5.41) is 19.9. The maximum atomic E-state index is 12.0. The molecule has 0 spiro atoms. The Kier molecular flexibility index (Phi) is 4.54. The third kappa shape index (κ3) is 3.85. The van der Waals surface area contributed by atoms with Gasteiger partial charge in [0.15, 0.2) is 5.69 Å². The Balaban J connectivity index is 1.64. The Morgan fingerprint density at radius 3 is 2.78 bits per heavy atom. The second-order valence-corrected chi connectivity index (χ2v) is 7.02. The molecule has 1 aromatic carbocycles. The largest absolute Gasteiger partial charge is 0.508 e. The summed E-state index contributed by atoms with van der Waals surface area (Å²) < 4.78 is 1.01. The smallest absolute Gasteiger partial charge is 0.291 e. The molecule has 23 heavy (non-hydrogen) atoms. The number of thiophene rings is 1. The van der Waals surface area contributed by atoms with Crippen molar-refractivity contribution in [3.63, 3.8) is 0 Å². The number of nitrogens with one attached hydrogen (secondary N) is 2.